The number of nitrogens with zero attached hydrogens (tertiary/aromatic N) is 1. The number of hydrogen-bond donors (Lipinski definition) is 1. The number of aromatic nitrogens is 2. The van der Waals surface area contributed by atoms with Gasteiger partial charge in [0, 0.05) is 5.56 Å². The first-order valence-corrected chi connectivity index (χ1v) is 4.76. The Morgan fingerprint density at radius 1 is 1.18 bits per heavy atom. The summed E-state index contributed by atoms with van der Waals surface area (Å²) in [5.41, 5.74) is -0.183. The van der Waals surface area contributed by atoms with E-state index in [0.29, 0.717) is 5.69 Å². The quantitative estimate of drug-likeness (QED) is 0.804. The van der Waals surface area contributed by atoms with E-state index in [2.05, 4.69) is 9.97 Å². The van der Waals surface area contributed by atoms with E-state index in [-0.39, 0.29) is 11.1 Å². The van der Waals surface area contributed by atoms with Gasteiger partial charge >= 0.3 is 6.18 Å². The third kappa shape index (κ3) is 2.46. The van der Waals surface area contributed by atoms with Crippen LogP contribution in [-0.2, 0) is 12.9 Å². The van der Waals surface area contributed by atoms with Gasteiger partial charge in [0.25, 0.3) is 0 Å². The molecule has 0 fully saturated rings. The maximum Gasteiger partial charge on any atom is 0.416 e. The molecule has 17 heavy (non-hydrogen) atoms. The van der Waals surface area contributed by atoms with Crippen LogP contribution in [0.3, 0.4) is 0 Å². The number of alkyl halides is 4. The summed E-state index contributed by atoms with van der Waals surface area (Å²) in [5.74, 6) is 0. The van der Waals surface area contributed by atoms with Crippen LogP contribution in [-0.4, -0.2) is 9.97 Å². The van der Waals surface area contributed by atoms with Crippen LogP contribution < -0.4 is 0 Å². The zero-order valence-electron chi connectivity index (χ0n) is 8.55. The molecule has 1 heterocycles. The van der Waals surface area contributed by atoms with Crippen LogP contribution in [0.2, 0.25) is 0 Å². The lowest BCUT2D eigenvalue weighted by atomic mass is 10.0. The lowest BCUT2D eigenvalue weighted by Crippen LogP contribution is -2.05. The van der Waals surface area contributed by atoms with Gasteiger partial charge in [-0.3, -0.25) is 0 Å². The van der Waals surface area contributed by atoms with Gasteiger partial charge < -0.3 is 4.98 Å². The second-order valence-corrected chi connectivity index (χ2v) is 3.52. The number of hydrogen-bond acceptors (Lipinski definition) is 1. The third-order valence-corrected chi connectivity index (χ3v) is 2.28. The average Bonchev–Trinajstić information content (AvgIpc) is 2.80. The second kappa shape index (κ2) is 4.20. The summed E-state index contributed by atoms with van der Waals surface area (Å²) in [4.78, 5) is 6.40. The SMILES string of the molecule is FCc1cc(-c2cnc[nH]2)cc(C(F)(F)F)c1. The first-order valence-electron chi connectivity index (χ1n) is 4.76. The monoisotopic (exact) mass is 244 g/mol. The van der Waals surface area contributed by atoms with Crippen LogP contribution >= 0.6 is 0 Å². The largest absolute Gasteiger partial charge is 0.416 e. The van der Waals surface area contributed by atoms with Crippen molar-refractivity contribution in [3.05, 3.63) is 41.9 Å². The molecular formula is C11H8F4N2. The molecule has 2 rings (SSSR count). The Hall–Kier alpha value is -1.85. The first-order chi connectivity index (χ1) is 8.00. The number of nitrogens with one attached hydrogen (secondary N) is 1. The van der Waals surface area contributed by atoms with Crippen molar-refractivity contribution in [2.75, 3.05) is 0 Å². The second-order valence-electron chi connectivity index (χ2n) is 3.52. The Morgan fingerprint density at radius 2 is 1.94 bits per heavy atom. The molecule has 0 unspecified atom stereocenters. The molecular weight excluding hydrogens is 236 g/mol. The molecule has 1 N–H and O–H groups in total. The van der Waals surface area contributed by atoms with Gasteiger partial charge in [0.15, 0.2) is 0 Å². The molecule has 1 aromatic heterocycles. The van der Waals surface area contributed by atoms with Crippen molar-refractivity contribution in [2.24, 2.45) is 0 Å². The number of halogens is 4. The van der Waals surface area contributed by atoms with E-state index in [1.807, 2.05) is 0 Å². The van der Waals surface area contributed by atoms with Crippen LogP contribution in [0.5, 0.6) is 0 Å². The molecule has 0 atom stereocenters. The molecule has 0 saturated carbocycles. The van der Waals surface area contributed by atoms with Crippen molar-refractivity contribution in [2.45, 2.75) is 12.9 Å². The normalized spacial score (nSPS) is 11.8. The molecule has 0 bridgehead atoms. The molecule has 2 aromatic rings. The molecule has 1 aromatic carbocycles. The van der Waals surface area contributed by atoms with Crippen LogP contribution in [0, 0.1) is 0 Å². The molecule has 0 aliphatic rings. The van der Waals surface area contributed by atoms with E-state index in [9.17, 15) is 17.6 Å². The smallest absolute Gasteiger partial charge is 0.345 e. The Labute approximate surface area is 94.3 Å². The van der Waals surface area contributed by atoms with Crippen LogP contribution in [0.25, 0.3) is 11.3 Å². The van der Waals surface area contributed by atoms with Gasteiger partial charge in [-0.15, -0.1) is 0 Å². The van der Waals surface area contributed by atoms with Gasteiger partial charge in [0.2, 0.25) is 0 Å². The summed E-state index contributed by atoms with van der Waals surface area (Å²) in [6.45, 7) is -0.939. The third-order valence-electron chi connectivity index (χ3n) is 2.28. The topological polar surface area (TPSA) is 28.7 Å². The Morgan fingerprint density at radius 3 is 2.47 bits per heavy atom. The average molecular weight is 244 g/mol. The van der Waals surface area contributed by atoms with Gasteiger partial charge in [0.1, 0.15) is 6.67 Å². The summed E-state index contributed by atoms with van der Waals surface area (Å²) in [5, 5.41) is 0. The number of H-pyrrole nitrogens is 1. The lowest BCUT2D eigenvalue weighted by Gasteiger charge is -2.10. The van der Waals surface area contributed by atoms with Gasteiger partial charge in [-0.2, -0.15) is 13.2 Å². The van der Waals surface area contributed by atoms with Crippen LogP contribution in [0.4, 0.5) is 17.6 Å². The molecule has 0 amide bonds. The molecule has 6 heteroatoms. The summed E-state index contributed by atoms with van der Waals surface area (Å²) in [6, 6.07) is 3.13. The highest BCUT2D eigenvalue weighted by atomic mass is 19.4. The van der Waals surface area contributed by atoms with Crippen molar-refractivity contribution in [3.8, 4) is 11.3 Å². The fourth-order valence-corrected chi connectivity index (χ4v) is 1.50. The highest BCUT2D eigenvalue weighted by molar-refractivity contribution is 5.60. The highest BCUT2D eigenvalue weighted by Crippen LogP contribution is 2.33. The Bertz CT molecular complexity index is 503. The minimum atomic E-state index is -4.49. The fourth-order valence-electron chi connectivity index (χ4n) is 1.50. The molecule has 0 spiro atoms. The van der Waals surface area contributed by atoms with Gasteiger partial charge in [-0.05, 0) is 23.8 Å². The van der Waals surface area contributed by atoms with E-state index in [1.54, 1.807) is 0 Å². The minimum Gasteiger partial charge on any atom is -0.345 e. The Kier molecular flexibility index (Phi) is 2.87. The first kappa shape index (κ1) is 11.6. The summed E-state index contributed by atoms with van der Waals surface area (Å²) in [7, 11) is 0. The summed E-state index contributed by atoms with van der Waals surface area (Å²) < 4.78 is 50.3. The molecule has 0 saturated heterocycles. The number of rotatable bonds is 2. The van der Waals surface area contributed by atoms with Crippen LogP contribution in [0.1, 0.15) is 11.1 Å². The van der Waals surface area contributed by atoms with Crippen molar-refractivity contribution in [3.63, 3.8) is 0 Å². The maximum absolute atomic E-state index is 12.6. The van der Waals surface area contributed by atoms with Crippen LogP contribution in [0.15, 0.2) is 30.7 Å². The predicted octanol–water partition coefficient (Wildman–Crippen LogP) is 3.57. The maximum atomic E-state index is 12.6. The number of benzene rings is 1. The van der Waals surface area contributed by atoms with E-state index in [0.717, 1.165) is 12.1 Å². The predicted molar refractivity (Wildman–Crippen MR) is 53.8 cm³/mol. The molecule has 0 aliphatic carbocycles. The van der Waals surface area contributed by atoms with Gasteiger partial charge in [-0.25, -0.2) is 9.37 Å². The zero-order chi connectivity index (χ0) is 12.5. The van der Waals surface area contributed by atoms with Crippen molar-refractivity contribution < 1.29 is 17.6 Å². The lowest BCUT2D eigenvalue weighted by molar-refractivity contribution is -0.137. The number of imidazole rings is 1. The summed E-state index contributed by atoms with van der Waals surface area (Å²) in [6.07, 6.45) is -1.75. The van der Waals surface area contributed by atoms with E-state index < -0.39 is 18.4 Å². The molecule has 0 radical (unpaired) electrons. The van der Waals surface area contributed by atoms with Crippen molar-refractivity contribution >= 4 is 0 Å². The van der Waals surface area contributed by atoms with E-state index in [4.69, 9.17) is 0 Å². The van der Waals surface area contributed by atoms with Crippen molar-refractivity contribution in [1.82, 2.24) is 9.97 Å². The Balaban J connectivity index is 2.54. The standard InChI is InChI=1S/C11H8F4N2/c12-4-7-1-8(10-5-16-6-17-10)3-9(2-7)11(13,14)15/h1-3,5-6H,4H2,(H,16,17). The highest BCUT2D eigenvalue weighted by Gasteiger charge is 2.31. The van der Waals surface area contributed by atoms with E-state index in [1.165, 1.54) is 18.6 Å². The minimum absolute atomic E-state index is 0.00979. The van der Waals surface area contributed by atoms with Gasteiger partial charge in [0.05, 0.1) is 23.8 Å². The number of aromatic amines is 1. The van der Waals surface area contributed by atoms with Crippen molar-refractivity contribution in [1.29, 1.82) is 0 Å². The fraction of sp³-hybridized carbons (Fsp3) is 0.182. The van der Waals surface area contributed by atoms with Gasteiger partial charge in [-0.1, -0.05) is 0 Å². The molecule has 2 nitrogen and oxygen atoms in total. The molecule has 0 aliphatic heterocycles. The van der Waals surface area contributed by atoms with E-state index >= 15 is 0 Å². The molecule has 90 valence electrons. The zero-order valence-corrected chi connectivity index (χ0v) is 8.55. The summed E-state index contributed by atoms with van der Waals surface area (Å²) >= 11 is 0.